The molecule has 7 N–H and O–H groups in total. The van der Waals surface area contributed by atoms with Gasteiger partial charge in [0.15, 0.2) is 6.04 Å². The minimum atomic E-state index is -1.74. The Bertz CT molecular complexity index is 1700. The van der Waals surface area contributed by atoms with E-state index in [9.17, 15) is 43.8 Å². The lowest BCUT2D eigenvalue weighted by Gasteiger charge is -2.33. The van der Waals surface area contributed by atoms with Gasteiger partial charge in [-0.3, -0.25) is 28.8 Å². The molecule has 1 aliphatic heterocycles. The van der Waals surface area contributed by atoms with Crippen molar-refractivity contribution in [2.24, 2.45) is 11.8 Å². The average Bonchev–Trinajstić information content (AvgIpc) is 3.16. The van der Waals surface area contributed by atoms with Crippen LogP contribution in [-0.4, -0.2) is 120 Å². The van der Waals surface area contributed by atoms with Gasteiger partial charge in [-0.1, -0.05) is 70.2 Å². The summed E-state index contributed by atoms with van der Waals surface area (Å²) in [5.41, 5.74) is 0.932. The number of aliphatic hydroxyl groups excluding tert-OH is 2. The molecule has 17 heteroatoms. The molecule has 306 valence electrons. The molecule has 1 saturated heterocycles. The van der Waals surface area contributed by atoms with Crippen LogP contribution in [0.25, 0.3) is 0 Å². The summed E-state index contributed by atoms with van der Waals surface area (Å²) in [4.78, 5) is 97.7. The van der Waals surface area contributed by atoms with E-state index in [-0.39, 0.29) is 6.42 Å². The second-order valence-electron chi connectivity index (χ2n) is 14.4. The number of amides is 6. The molecule has 56 heavy (non-hydrogen) atoms. The first-order chi connectivity index (χ1) is 26.4. The summed E-state index contributed by atoms with van der Waals surface area (Å²) in [7, 11) is 2.81. The van der Waals surface area contributed by atoms with E-state index in [0.717, 1.165) is 4.90 Å². The summed E-state index contributed by atoms with van der Waals surface area (Å²) in [6, 6.07) is 5.91. The summed E-state index contributed by atoms with van der Waals surface area (Å²) in [5.74, 6) is -6.91. The highest BCUT2D eigenvalue weighted by molar-refractivity contribution is 5.98. The topological polar surface area (TPSA) is 242 Å². The van der Waals surface area contributed by atoms with Crippen molar-refractivity contribution >= 4 is 41.4 Å². The summed E-state index contributed by atoms with van der Waals surface area (Å²) in [6.07, 6.45) is -3.02. The molecule has 0 aromatic heterocycles. The van der Waals surface area contributed by atoms with Crippen LogP contribution in [0.1, 0.15) is 58.7 Å². The van der Waals surface area contributed by atoms with Gasteiger partial charge in [0.1, 0.15) is 42.1 Å². The van der Waals surface area contributed by atoms with E-state index in [2.05, 4.69) is 26.6 Å². The third-order valence-corrected chi connectivity index (χ3v) is 9.34. The fourth-order valence-corrected chi connectivity index (χ4v) is 5.84. The Morgan fingerprint density at radius 3 is 1.96 bits per heavy atom. The largest absolute Gasteiger partial charge is 0.497 e. The van der Waals surface area contributed by atoms with Gasteiger partial charge in [0.25, 0.3) is 0 Å². The van der Waals surface area contributed by atoms with E-state index in [4.69, 9.17) is 9.47 Å². The second kappa shape index (κ2) is 20.4. The molecule has 0 saturated carbocycles. The van der Waals surface area contributed by atoms with Gasteiger partial charge in [0.05, 0.1) is 19.8 Å². The molecule has 0 unspecified atom stereocenters. The van der Waals surface area contributed by atoms with Gasteiger partial charge in [-0.05, 0) is 43.0 Å². The average molecular weight is 783 g/mol. The fourth-order valence-electron chi connectivity index (χ4n) is 5.84. The monoisotopic (exact) mass is 782 g/mol. The van der Waals surface area contributed by atoms with Crippen LogP contribution in [0.3, 0.4) is 0 Å². The standard InChI is InChI=1S/C39H54N6O11/c1-20(2)29-35(50)44-32(25-14-16-26(55-8)17-15-25)38(53)45(7)28(18-24-12-10-9-11-13-24)34(49)42-30(22(5)47)36(51)40-27(19-46)39(54)56-23(6)31(37(52)41-29)43-33(48)21(3)4/h9-17,20-23,27-32,46-47H,18-19H2,1-8H3,(H,40,51)(H,41,52)(H,42,49)(H,43,48)(H,44,50)/t22-,23-,27+,28+,29-,30-,31+,32+/m1/s1. The van der Waals surface area contributed by atoms with Crippen molar-refractivity contribution < 1.29 is 53.2 Å². The molecule has 2 aromatic rings. The zero-order chi connectivity index (χ0) is 41.9. The molecular formula is C39H54N6O11. The van der Waals surface area contributed by atoms with Gasteiger partial charge in [-0.15, -0.1) is 0 Å². The summed E-state index contributed by atoms with van der Waals surface area (Å²) >= 11 is 0. The van der Waals surface area contributed by atoms with Crippen LogP contribution in [0.5, 0.6) is 5.75 Å². The quantitative estimate of drug-likeness (QED) is 0.160. The number of hydrogen-bond acceptors (Lipinski definition) is 11. The van der Waals surface area contributed by atoms with Crippen LogP contribution in [-0.2, 0) is 44.7 Å². The Morgan fingerprint density at radius 2 is 1.43 bits per heavy atom. The second-order valence-corrected chi connectivity index (χ2v) is 14.4. The normalized spacial score (nSPS) is 25.4. The Labute approximate surface area is 326 Å². The van der Waals surface area contributed by atoms with Crippen molar-refractivity contribution in [2.75, 3.05) is 20.8 Å². The van der Waals surface area contributed by atoms with E-state index in [1.165, 1.54) is 28.0 Å². The van der Waals surface area contributed by atoms with E-state index in [1.54, 1.807) is 82.3 Å². The molecule has 0 bridgehead atoms. The number of esters is 1. The van der Waals surface area contributed by atoms with Crippen molar-refractivity contribution in [3.05, 3.63) is 65.7 Å². The predicted molar refractivity (Wildman–Crippen MR) is 202 cm³/mol. The lowest BCUT2D eigenvalue weighted by atomic mass is 9.98. The number of nitrogens with zero attached hydrogens (tertiary/aromatic N) is 1. The molecule has 3 rings (SSSR count). The minimum absolute atomic E-state index is 0.0655. The molecule has 0 spiro atoms. The van der Waals surface area contributed by atoms with Crippen LogP contribution >= 0.6 is 0 Å². The Morgan fingerprint density at radius 1 is 0.839 bits per heavy atom. The Kier molecular flexibility index (Phi) is 16.3. The minimum Gasteiger partial charge on any atom is -0.497 e. The SMILES string of the molecule is COc1ccc([C@@H]2NC(=O)[C@@H](C(C)C)NC(=O)[C@@H](NC(=O)C(C)C)[C@@H](C)OC(=O)[C@H](CO)NC(=O)[C@@H]([C@@H](C)O)NC(=O)[C@H](Cc3ccccc3)N(C)C2=O)cc1. The lowest BCUT2D eigenvalue weighted by molar-refractivity contribution is -0.157. The molecule has 1 aliphatic rings. The number of rotatable bonds is 9. The van der Waals surface area contributed by atoms with Crippen molar-refractivity contribution in [1.29, 1.82) is 0 Å². The molecule has 17 nitrogen and oxygen atoms in total. The maximum absolute atomic E-state index is 14.6. The fraction of sp³-hybridized carbons (Fsp3) is 0.513. The highest BCUT2D eigenvalue weighted by atomic mass is 16.5. The van der Waals surface area contributed by atoms with E-state index in [1.807, 2.05) is 0 Å². The summed E-state index contributed by atoms with van der Waals surface area (Å²) in [6.45, 7) is 7.98. The molecule has 1 heterocycles. The number of likely N-dealkylation sites (N-methyl/N-ethyl adjacent to an activating group) is 1. The number of carbonyl (C=O) groups excluding carboxylic acids is 7. The molecular weight excluding hydrogens is 728 g/mol. The highest BCUT2D eigenvalue weighted by Gasteiger charge is 2.40. The smallest absolute Gasteiger partial charge is 0.331 e. The number of hydrogen-bond donors (Lipinski definition) is 7. The first-order valence-corrected chi connectivity index (χ1v) is 18.4. The summed E-state index contributed by atoms with van der Waals surface area (Å²) in [5, 5.41) is 33.4. The zero-order valence-corrected chi connectivity index (χ0v) is 32.9. The van der Waals surface area contributed by atoms with E-state index < -0.39 is 108 Å². The van der Waals surface area contributed by atoms with Crippen LogP contribution in [0.4, 0.5) is 0 Å². The van der Waals surface area contributed by atoms with Crippen LogP contribution < -0.4 is 31.3 Å². The Balaban J connectivity index is 2.23. The maximum Gasteiger partial charge on any atom is 0.331 e. The van der Waals surface area contributed by atoms with Crippen LogP contribution in [0.2, 0.25) is 0 Å². The van der Waals surface area contributed by atoms with Gasteiger partial charge in [0.2, 0.25) is 35.4 Å². The molecule has 2 aromatic carbocycles. The van der Waals surface area contributed by atoms with E-state index in [0.29, 0.717) is 16.9 Å². The molecule has 8 atom stereocenters. The van der Waals surface area contributed by atoms with Crippen molar-refractivity contribution in [1.82, 2.24) is 31.5 Å². The zero-order valence-electron chi connectivity index (χ0n) is 32.9. The first-order valence-electron chi connectivity index (χ1n) is 18.4. The molecule has 1 fully saturated rings. The number of cyclic esters (lactones) is 1. The third-order valence-electron chi connectivity index (χ3n) is 9.34. The van der Waals surface area contributed by atoms with Gasteiger partial charge in [0, 0.05) is 19.4 Å². The molecule has 0 radical (unpaired) electrons. The number of carbonyl (C=O) groups is 7. The highest BCUT2D eigenvalue weighted by Crippen LogP contribution is 2.23. The number of aliphatic hydroxyl groups is 2. The maximum atomic E-state index is 14.6. The van der Waals surface area contributed by atoms with Crippen molar-refractivity contribution in [3.63, 3.8) is 0 Å². The van der Waals surface area contributed by atoms with Gasteiger partial charge >= 0.3 is 5.97 Å². The van der Waals surface area contributed by atoms with Gasteiger partial charge in [-0.2, -0.15) is 0 Å². The molecule has 6 amide bonds. The number of nitrogens with one attached hydrogen (secondary N) is 5. The molecule has 0 aliphatic carbocycles. The number of methoxy groups -OCH3 is 1. The Hall–Kier alpha value is -5.55. The first kappa shape index (κ1) is 44.8. The summed E-state index contributed by atoms with van der Waals surface area (Å²) < 4.78 is 10.8. The predicted octanol–water partition coefficient (Wildman–Crippen LogP) is -0.508. The van der Waals surface area contributed by atoms with Crippen LogP contribution in [0.15, 0.2) is 54.6 Å². The lowest BCUT2D eigenvalue weighted by Crippen LogP contribution is -2.60. The number of benzene rings is 2. The van der Waals surface area contributed by atoms with Crippen molar-refractivity contribution in [3.8, 4) is 5.75 Å². The third kappa shape index (κ3) is 11.7. The van der Waals surface area contributed by atoms with Gasteiger partial charge < -0.3 is 51.2 Å². The van der Waals surface area contributed by atoms with E-state index >= 15 is 0 Å². The van der Waals surface area contributed by atoms with Crippen LogP contribution in [0, 0.1) is 11.8 Å². The van der Waals surface area contributed by atoms with Crippen molar-refractivity contribution in [2.45, 2.75) is 96.4 Å². The van der Waals surface area contributed by atoms with Gasteiger partial charge in [-0.25, -0.2) is 4.79 Å². The number of ether oxygens (including phenoxy) is 2.